The molecular weight excluding hydrogens is 272 g/mol. The smallest absolute Gasteiger partial charge is 0.123 e. The molecule has 0 radical (unpaired) electrons. The SMILES string of the molecule is Cn1c(CN)nc2ccccc21.c1cnc2c(c1)CCCC2. The van der Waals surface area contributed by atoms with E-state index in [0.29, 0.717) is 6.54 Å². The molecule has 2 heterocycles. The monoisotopic (exact) mass is 294 g/mol. The molecule has 22 heavy (non-hydrogen) atoms. The third-order valence-electron chi connectivity index (χ3n) is 4.16. The lowest BCUT2D eigenvalue weighted by Gasteiger charge is -2.12. The Morgan fingerprint density at radius 1 is 1.09 bits per heavy atom. The highest BCUT2D eigenvalue weighted by Gasteiger charge is 2.07. The fourth-order valence-electron chi connectivity index (χ4n) is 2.91. The first kappa shape index (κ1) is 14.7. The summed E-state index contributed by atoms with van der Waals surface area (Å²) >= 11 is 0. The highest BCUT2D eigenvalue weighted by atomic mass is 15.1. The van der Waals surface area contributed by atoms with Crippen molar-refractivity contribution in [1.29, 1.82) is 0 Å². The Morgan fingerprint density at radius 2 is 1.91 bits per heavy atom. The Labute approximate surface area is 131 Å². The van der Waals surface area contributed by atoms with Crippen molar-refractivity contribution >= 4 is 11.0 Å². The second kappa shape index (κ2) is 6.71. The number of aromatic nitrogens is 3. The van der Waals surface area contributed by atoms with Crippen LogP contribution in [0.5, 0.6) is 0 Å². The van der Waals surface area contributed by atoms with Gasteiger partial charge in [-0.15, -0.1) is 0 Å². The van der Waals surface area contributed by atoms with Crippen LogP contribution in [-0.4, -0.2) is 14.5 Å². The zero-order valence-corrected chi connectivity index (χ0v) is 13.0. The topological polar surface area (TPSA) is 56.7 Å². The standard InChI is InChI=1S/C9H11N3.C9H11N/c1-12-8-5-3-2-4-7(8)11-9(12)6-10;1-2-6-9-8(4-1)5-3-7-10-9/h2-5H,6,10H2,1H3;3,5,7H,1-2,4,6H2. The first-order chi connectivity index (χ1) is 10.8. The van der Waals surface area contributed by atoms with Gasteiger partial charge in [0.2, 0.25) is 0 Å². The second-order valence-corrected chi connectivity index (χ2v) is 5.60. The molecule has 0 fully saturated rings. The minimum absolute atomic E-state index is 0.491. The minimum Gasteiger partial charge on any atom is -0.330 e. The van der Waals surface area contributed by atoms with Gasteiger partial charge in [0.25, 0.3) is 0 Å². The Kier molecular flexibility index (Phi) is 4.49. The molecule has 4 rings (SSSR count). The molecule has 2 aromatic heterocycles. The molecule has 0 atom stereocenters. The molecule has 4 nitrogen and oxygen atoms in total. The van der Waals surface area contributed by atoms with Crippen molar-refractivity contribution in [2.24, 2.45) is 12.8 Å². The predicted molar refractivity (Wildman–Crippen MR) is 89.5 cm³/mol. The highest BCUT2D eigenvalue weighted by Crippen LogP contribution is 2.17. The van der Waals surface area contributed by atoms with Crippen LogP contribution in [0.25, 0.3) is 11.0 Å². The minimum atomic E-state index is 0.491. The van der Waals surface area contributed by atoms with Gasteiger partial charge in [0.15, 0.2) is 0 Å². The number of hydrogen-bond acceptors (Lipinski definition) is 3. The molecule has 114 valence electrons. The molecule has 0 amide bonds. The summed E-state index contributed by atoms with van der Waals surface area (Å²) in [6, 6.07) is 12.3. The average Bonchev–Trinajstić information content (AvgIpc) is 2.92. The van der Waals surface area contributed by atoms with Crippen molar-refractivity contribution in [3.8, 4) is 0 Å². The van der Waals surface area contributed by atoms with Gasteiger partial charge in [0, 0.05) is 18.9 Å². The molecule has 0 aliphatic heterocycles. The number of pyridine rings is 1. The van der Waals surface area contributed by atoms with Gasteiger partial charge < -0.3 is 10.3 Å². The third-order valence-corrected chi connectivity index (χ3v) is 4.16. The van der Waals surface area contributed by atoms with Crippen LogP contribution in [0.1, 0.15) is 29.9 Å². The van der Waals surface area contributed by atoms with E-state index in [0.717, 1.165) is 16.9 Å². The zero-order valence-electron chi connectivity index (χ0n) is 13.0. The van der Waals surface area contributed by atoms with Gasteiger partial charge in [0.05, 0.1) is 17.6 Å². The number of para-hydroxylation sites is 2. The number of nitrogens with zero attached hydrogens (tertiary/aromatic N) is 3. The first-order valence-corrected chi connectivity index (χ1v) is 7.83. The number of rotatable bonds is 1. The molecule has 2 N–H and O–H groups in total. The van der Waals surface area contributed by atoms with E-state index >= 15 is 0 Å². The molecule has 1 aliphatic rings. The largest absolute Gasteiger partial charge is 0.330 e. The van der Waals surface area contributed by atoms with Crippen LogP contribution in [-0.2, 0) is 26.4 Å². The molecule has 0 saturated heterocycles. The van der Waals surface area contributed by atoms with Crippen LogP contribution >= 0.6 is 0 Å². The number of benzene rings is 1. The Bertz CT molecular complexity index is 736. The van der Waals surface area contributed by atoms with E-state index in [2.05, 4.69) is 16.0 Å². The summed E-state index contributed by atoms with van der Waals surface area (Å²) in [5, 5.41) is 0. The quantitative estimate of drug-likeness (QED) is 0.750. The summed E-state index contributed by atoms with van der Waals surface area (Å²) < 4.78 is 2.02. The summed E-state index contributed by atoms with van der Waals surface area (Å²) in [4.78, 5) is 8.69. The molecular formula is C18H22N4. The van der Waals surface area contributed by atoms with Crippen LogP contribution in [0, 0.1) is 0 Å². The Hall–Kier alpha value is -2.20. The molecule has 1 aliphatic carbocycles. The average molecular weight is 294 g/mol. The Balaban J connectivity index is 0.000000133. The number of imidazole rings is 1. The molecule has 1 aromatic carbocycles. The van der Waals surface area contributed by atoms with Crippen LogP contribution in [0.2, 0.25) is 0 Å². The molecule has 0 saturated carbocycles. The third kappa shape index (κ3) is 3.02. The fraction of sp³-hybridized carbons (Fsp3) is 0.333. The summed E-state index contributed by atoms with van der Waals surface area (Å²) in [6.45, 7) is 0.491. The van der Waals surface area contributed by atoms with Crippen LogP contribution in [0.4, 0.5) is 0 Å². The van der Waals surface area contributed by atoms with Gasteiger partial charge in [-0.3, -0.25) is 4.98 Å². The lowest BCUT2D eigenvalue weighted by molar-refractivity contribution is 0.668. The maximum absolute atomic E-state index is 5.53. The van der Waals surface area contributed by atoms with Crippen LogP contribution in [0.15, 0.2) is 42.6 Å². The van der Waals surface area contributed by atoms with E-state index in [1.807, 2.05) is 48.1 Å². The van der Waals surface area contributed by atoms with Crippen molar-refractivity contribution in [2.45, 2.75) is 32.2 Å². The van der Waals surface area contributed by atoms with E-state index in [1.54, 1.807) is 0 Å². The normalized spacial score (nSPS) is 13.4. The van der Waals surface area contributed by atoms with Crippen molar-refractivity contribution in [3.63, 3.8) is 0 Å². The lowest BCUT2D eigenvalue weighted by atomic mass is 9.96. The highest BCUT2D eigenvalue weighted by molar-refractivity contribution is 5.75. The lowest BCUT2D eigenvalue weighted by Crippen LogP contribution is -2.04. The van der Waals surface area contributed by atoms with Crippen molar-refractivity contribution in [2.75, 3.05) is 0 Å². The number of fused-ring (bicyclic) bond motifs is 2. The first-order valence-electron chi connectivity index (χ1n) is 7.83. The molecule has 4 heteroatoms. The summed E-state index contributed by atoms with van der Waals surface area (Å²) in [5.74, 6) is 0.927. The van der Waals surface area contributed by atoms with Crippen LogP contribution in [0.3, 0.4) is 0 Å². The van der Waals surface area contributed by atoms with Crippen molar-refractivity contribution in [3.05, 3.63) is 59.7 Å². The maximum atomic E-state index is 5.53. The number of hydrogen-bond donors (Lipinski definition) is 1. The van der Waals surface area contributed by atoms with E-state index in [-0.39, 0.29) is 0 Å². The maximum Gasteiger partial charge on any atom is 0.123 e. The van der Waals surface area contributed by atoms with Crippen molar-refractivity contribution < 1.29 is 0 Å². The van der Waals surface area contributed by atoms with Gasteiger partial charge in [-0.25, -0.2) is 4.98 Å². The zero-order chi connectivity index (χ0) is 15.4. The van der Waals surface area contributed by atoms with E-state index in [1.165, 1.54) is 36.9 Å². The van der Waals surface area contributed by atoms with E-state index < -0.39 is 0 Å². The summed E-state index contributed by atoms with van der Waals surface area (Å²) in [6.07, 6.45) is 6.99. The van der Waals surface area contributed by atoms with Gasteiger partial charge in [-0.2, -0.15) is 0 Å². The molecule has 0 bridgehead atoms. The van der Waals surface area contributed by atoms with Gasteiger partial charge in [-0.05, 0) is 49.4 Å². The van der Waals surface area contributed by atoms with Crippen LogP contribution < -0.4 is 5.73 Å². The fourth-order valence-corrected chi connectivity index (χ4v) is 2.91. The van der Waals surface area contributed by atoms with Gasteiger partial charge >= 0.3 is 0 Å². The summed E-state index contributed by atoms with van der Waals surface area (Å²) in [5.41, 5.74) is 10.5. The summed E-state index contributed by atoms with van der Waals surface area (Å²) in [7, 11) is 1.98. The van der Waals surface area contributed by atoms with Gasteiger partial charge in [0.1, 0.15) is 5.82 Å². The van der Waals surface area contributed by atoms with Gasteiger partial charge in [-0.1, -0.05) is 18.2 Å². The number of nitrogens with two attached hydrogens (primary N) is 1. The molecule has 0 unspecified atom stereocenters. The number of aryl methyl sites for hydroxylation is 3. The molecule has 3 aromatic rings. The van der Waals surface area contributed by atoms with Crippen molar-refractivity contribution in [1.82, 2.24) is 14.5 Å². The molecule has 0 spiro atoms. The predicted octanol–water partition coefficient (Wildman–Crippen LogP) is 2.99. The van der Waals surface area contributed by atoms with E-state index in [4.69, 9.17) is 5.73 Å². The van der Waals surface area contributed by atoms with E-state index in [9.17, 15) is 0 Å². The Morgan fingerprint density at radius 3 is 2.68 bits per heavy atom. The second-order valence-electron chi connectivity index (χ2n) is 5.60.